The van der Waals surface area contributed by atoms with Crippen LogP contribution in [0.3, 0.4) is 0 Å². The van der Waals surface area contributed by atoms with Gasteiger partial charge in [0.05, 0.1) is 12.6 Å². The lowest BCUT2D eigenvalue weighted by Crippen LogP contribution is -2.11. The molecule has 9 heteroatoms. The summed E-state index contributed by atoms with van der Waals surface area (Å²) in [5.74, 6) is 0.0737. The number of fused-ring (bicyclic) bond motifs is 1. The Morgan fingerprint density at radius 3 is 2.83 bits per heavy atom. The standard InChI is InChI=1S/C9H8ClN3O4S/c1-17-9(14)13-8-11-5-3-2-4-6(7(5)12-8)18(10,15)16/h2-4H,1H3,(H2,11,12,13,14). The lowest BCUT2D eigenvalue weighted by molar-refractivity contribution is 0.186. The molecular formula is C9H8ClN3O4S. The fourth-order valence-electron chi connectivity index (χ4n) is 1.41. The molecule has 0 spiro atoms. The van der Waals surface area contributed by atoms with Crippen LogP contribution in [-0.2, 0) is 13.8 Å². The Balaban J connectivity index is 2.55. The number of halogens is 1. The highest BCUT2D eigenvalue weighted by molar-refractivity contribution is 8.14. The topological polar surface area (TPSA) is 101 Å². The van der Waals surface area contributed by atoms with Gasteiger partial charge in [0.25, 0.3) is 9.05 Å². The van der Waals surface area contributed by atoms with Gasteiger partial charge in [-0.3, -0.25) is 5.32 Å². The second-order valence-corrected chi connectivity index (χ2v) is 5.83. The number of carbonyl (C=O) groups is 1. The maximum atomic E-state index is 11.3. The number of nitrogens with one attached hydrogen (secondary N) is 2. The number of methoxy groups -OCH3 is 1. The molecule has 2 rings (SSSR count). The van der Waals surface area contributed by atoms with Crippen molar-refractivity contribution in [3.8, 4) is 0 Å². The van der Waals surface area contributed by atoms with E-state index < -0.39 is 15.1 Å². The van der Waals surface area contributed by atoms with Gasteiger partial charge in [0, 0.05) is 10.7 Å². The zero-order chi connectivity index (χ0) is 13.3. The Morgan fingerprint density at radius 1 is 1.50 bits per heavy atom. The molecule has 1 heterocycles. The third kappa shape index (κ3) is 2.39. The van der Waals surface area contributed by atoms with Crippen LogP contribution in [-0.4, -0.2) is 31.6 Å². The molecule has 0 saturated carbocycles. The van der Waals surface area contributed by atoms with E-state index in [0.717, 1.165) is 0 Å². The molecular weight excluding hydrogens is 282 g/mol. The maximum absolute atomic E-state index is 11.3. The third-order valence-corrected chi connectivity index (χ3v) is 3.50. The van der Waals surface area contributed by atoms with E-state index in [9.17, 15) is 13.2 Å². The van der Waals surface area contributed by atoms with Crippen molar-refractivity contribution in [2.45, 2.75) is 4.90 Å². The SMILES string of the molecule is COC(=O)Nc1nc2c(S(=O)(=O)Cl)cccc2[nH]1. The smallest absolute Gasteiger partial charge is 0.413 e. The first kappa shape index (κ1) is 12.7. The van der Waals surface area contributed by atoms with Crippen LogP contribution in [0.15, 0.2) is 23.1 Å². The molecule has 18 heavy (non-hydrogen) atoms. The van der Waals surface area contributed by atoms with E-state index >= 15 is 0 Å². The number of benzene rings is 1. The van der Waals surface area contributed by atoms with Gasteiger partial charge in [-0.2, -0.15) is 0 Å². The summed E-state index contributed by atoms with van der Waals surface area (Å²) in [4.78, 5) is 17.5. The van der Waals surface area contributed by atoms with Crippen LogP contribution in [0.5, 0.6) is 0 Å². The number of carbonyl (C=O) groups excluding carboxylic acids is 1. The number of ether oxygens (including phenoxy) is 1. The molecule has 0 atom stereocenters. The van der Waals surface area contributed by atoms with Crippen molar-refractivity contribution in [1.82, 2.24) is 9.97 Å². The molecule has 0 radical (unpaired) electrons. The van der Waals surface area contributed by atoms with Crippen LogP contribution >= 0.6 is 10.7 Å². The van der Waals surface area contributed by atoms with E-state index in [4.69, 9.17) is 10.7 Å². The number of amides is 1. The van der Waals surface area contributed by atoms with E-state index in [0.29, 0.717) is 5.52 Å². The van der Waals surface area contributed by atoms with E-state index in [1.165, 1.54) is 19.2 Å². The number of aromatic nitrogens is 2. The van der Waals surface area contributed by atoms with Crippen LogP contribution in [0.1, 0.15) is 0 Å². The van der Waals surface area contributed by atoms with Crippen LogP contribution in [0, 0.1) is 0 Å². The molecule has 2 N–H and O–H groups in total. The van der Waals surface area contributed by atoms with Crippen molar-refractivity contribution in [3.05, 3.63) is 18.2 Å². The number of nitrogens with zero attached hydrogens (tertiary/aromatic N) is 1. The van der Waals surface area contributed by atoms with Crippen LogP contribution in [0.25, 0.3) is 11.0 Å². The minimum Gasteiger partial charge on any atom is -0.453 e. The van der Waals surface area contributed by atoms with Crippen molar-refractivity contribution in [2.75, 3.05) is 12.4 Å². The van der Waals surface area contributed by atoms with E-state index in [1.807, 2.05) is 0 Å². The van der Waals surface area contributed by atoms with Crippen LogP contribution in [0.2, 0.25) is 0 Å². The zero-order valence-corrected chi connectivity index (χ0v) is 10.7. The predicted molar refractivity (Wildman–Crippen MR) is 65.2 cm³/mol. The molecule has 1 aromatic heterocycles. The summed E-state index contributed by atoms with van der Waals surface area (Å²) in [6.45, 7) is 0. The van der Waals surface area contributed by atoms with Crippen molar-refractivity contribution in [3.63, 3.8) is 0 Å². The summed E-state index contributed by atoms with van der Waals surface area (Å²) >= 11 is 0. The number of hydrogen-bond acceptors (Lipinski definition) is 5. The zero-order valence-electron chi connectivity index (χ0n) is 9.10. The minimum absolute atomic E-state index is 0.0737. The van der Waals surface area contributed by atoms with Gasteiger partial charge < -0.3 is 9.72 Å². The van der Waals surface area contributed by atoms with Gasteiger partial charge in [-0.25, -0.2) is 18.2 Å². The largest absolute Gasteiger partial charge is 0.453 e. The summed E-state index contributed by atoms with van der Waals surface area (Å²) in [6, 6.07) is 4.45. The van der Waals surface area contributed by atoms with Gasteiger partial charge in [-0.15, -0.1) is 0 Å². The molecule has 2 aromatic rings. The average molecular weight is 290 g/mol. The van der Waals surface area contributed by atoms with E-state index in [2.05, 4.69) is 20.0 Å². The predicted octanol–water partition coefficient (Wildman–Crippen LogP) is 1.67. The quantitative estimate of drug-likeness (QED) is 0.819. The molecule has 0 unspecified atom stereocenters. The number of imidazole rings is 1. The molecule has 7 nitrogen and oxygen atoms in total. The number of rotatable bonds is 2. The first-order chi connectivity index (χ1) is 8.41. The minimum atomic E-state index is -3.90. The Morgan fingerprint density at radius 2 is 2.22 bits per heavy atom. The normalized spacial score (nSPS) is 11.4. The Bertz CT molecular complexity index is 710. The van der Waals surface area contributed by atoms with Gasteiger partial charge in [0.2, 0.25) is 5.95 Å². The number of aromatic amines is 1. The lowest BCUT2D eigenvalue weighted by Gasteiger charge is -1.97. The molecule has 0 aliphatic heterocycles. The highest BCUT2D eigenvalue weighted by Crippen LogP contribution is 2.25. The number of hydrogen-bond donors (Lipinski definition) is 2. The van der Waals surface area contributed by atoms with Gasteiger partial charge in [-0.1, -0.05) is 6.07 Å². The van der Waals surface area contributed by atoms with Gasteiger partial charge in [-0.05, 0) is 12.1 Å². The second kappa shape index (κ2) is 4.46. The molecule has 1 aromatic carbocycles. The fourth-order valence-corrected chi connectivity index (χ4v) is 2.41. The Hall–Kier alpha value is -1.80. The van der Waals surface area contributed by atoms with Crippen LogP contribution in [0.4, 0.5) is 10.7 Å². The molecule has 0 aliphatic rings. The number of anilines is 1. The van der Waals surface area contributed by atoms with E-state index in [-0.39, 0.29) is 16.4 Å². The molecule has 0 bridgehead atoms. The summed E-state index contributed by atoms with van der Waals surface area (Å²) in [7, 11) is 2.58. The average Bonchev–Trinajstić information content (AvgIpc) is 2.68. The molecule has 0 aliphatic carbocycles. The lowest BCUT2D eigenvalue weighted by atomic mass is 10.3. The van der Waals surface area contributed by atoms with Crippen molar-refractivity contribution in [2.24, 2.45) is 0 Å². The summed E-state index contributed by atoms with van der Waals surface area (Å²) < 4.78 is 27.1. The van der Waals surface area contributed by atoms with Gasteiger partial charge >= 0.3 is 6.09 Å². The molecule has 0 saturated heterocycles. The molecule has 0 fully saturated rings. The first-order valence-corrected chi connectivity index (χ1v) is 7.01. The monoisotopic (exact) mass is 289 g/mol. The maximum Gasteiger partial charge on any atom is 0.413 e. The molecule has 96 valence electrons. The van der Waals surface area contributed by atoms with Gasteiger partial charge in [0.15, 0.2) is 0 Å². The van der Waals surface area contributed by atoms with Crippen molar-refractivity contribution >= 4 is 42.8 Å². The summed E-state index contributed by atoms with van der Waals surface area (Å²) in [5.41, 5.74) is 0.585. The summed E-state index contributed by atoms with van der Waals surface area (Å²) in [6.07, 6.45) is -0.718. The van der Waals surface area contributed by atoms with Gasteiger partial charge in [0.1, 0.15) is 10.4 Å². The number of H-pyrrole nitrogens is 1. The number of para-hydroxylation sites is 1. The third-order valence-electron chi connectivity index (χ3n) is 2.14. The highest BCUT2D eigenvalue weighted by atomic mass is 35.7. The van der Waals surface area contributed by atoms with Crippen molar-refractivity contribution < 1.29 is 17.9 Å². The molecule has 1 amide bonds. The highest BCUT2D eigenvalue weighted by Gasteiger charge is 2.17. The Labute approximate surface area is 107 Å². The van der Waals surface area contributed by atoms with Crippen molar-refractivity contribution in [1.29, 1.82) is 0 Å². The fraction of sp³-hybridized carbons (Fsp3) is 0.111. The first-order valence-electron chi connectivity index (χ1n) is 4.70. The summed E-state index contributed by atoms with van der Waals surface area (Å²) in [5, 5.41) is 2.29. The Kier molecular flexibility index (Phi) is 3.14. The van der Waals surface area contributed by atoms with E-state index in [1.54, 1.807) is 6.07 Å². The van der Waals surface area contributed by atoms with Crippen LogP contribution < -0.4 is 5.32 Å². The second-order valence-electron chi connectivity index (χ2n) is 3.29.